The maximum Gasteiger partial charge on any atom is 0.303 e. The summed E-state index contributed by atoms with van der Waals surface area (Å²) in [6, 6.07) is 0. The van der Waals surface area contributed by atoms with Crippen molar-refractivity contribution in [3.8, 4) is 0 Å². The van der Waals surface area contributed by atoms with Crippen molar-refractivity contribution in [3.05, 3.63) is 0 Å². The fourth-order valence-electron chi connectivity index (χ4n) is 0.783. The van der Waals surface area contributed by atoms with Crippen LogP contribution in [0.1, 0.15) is 20.8 Å². The zero-order valence-corrected chi connectivity index (χ0v) is 10.9. The number of rotatable bonds is 3. The molecule has 0 aliphatic heterocycles. The molecule has 0 aliphatic rings. The summed E-state index contributed by atoms with van der Waals surface area (Å²) in [7, 11) is 3.79. The largest absolute Gasteiger partial charge is 0.459 e. The van der Waals surface area contributed by atoms with E-state index in [1.807, 2.05) is 32.8 Å². The van der Waals surface area contributed by atoms with Gasteiger partial charge in [-0.05, 0) is 13.8 Å². The lowest BCUT2D eigenvalue weighted by molar-refractivity contribution is -0.151. The SMILES string of the molecule is CC(=O)OC(C)(C)CSC(=S)N(C)C. The Bertz CT molecular complexity index is 227. The zero-order chi connectivity index (χ0) is 11.4. The Morgan fingerprint density at radius 3 is 2.36 bits per heavy atom. The number of esters is 1. The Morgan fingerprint density at radius 1 is 1.50 bits per heavy atom. The van der Waals surface area contributed by atoms with Crippen LogP contribution in [-0.4, -0.2) is 40.6 Å². The van der Waals surface area contributed by atoms with E-state index in [0.29, 0.717) is 5.75 Å². The quantitative estimate of drug-likeness (QED) is 0.550. The van der Waals surface area contributed by atoms with Crippen molar-refractivity contribution in [3.63, 3.8) is 0 Å². The highest BCUT2D eigenvalue weighted by Gasteiger charge is 2.22. The van der Waals surface area contributed by atoms with Crippen molar-refractivity contribution in [2.75, 3.05) is 19.8 Å². The molecule has 5 heteroatoms. The number of nitrogens with zero attached hydrogens (tertiary/aromatic N) is 1. The highest BCUT2D eigenvalue weighted by atomic mass is 32.2. The van der Waals surface area contributed by atoms with Gasteiger partial charge in [-0.1, -0.05) is 24.0 Å². The third kappa shape index (κ3) is 6.21. The van der Waals surface area contributed by atoms with Gasteiger partial charge < -0.3 is 9.64 Å². The van der Waals surface area contributed by atoms with Crippen LogP contribution >= 0.6 is 24.0 Å². The smallest absolute Gasteiger partial charge is 0.303 e. The minimum atomic E-state index is -0.462. The van der Waals surface area contributed by atoms with Gasteiger partial charge in [-0.2, -0.15) is 0 Å². The van der Waals surface area contributed by atoms with E-state index in [9.17, 15) is 4.79 Å². The van der Waals surface area contributed by atoms with Crippen LogP contribution in [0.3, 0.4) is 0 Å². The first-order valence-electron chi connectivity index (χ1n) is 4.28. The first kappa shape index (κ1) is 13.7. The molecule has 0 saturated heterocycles. The number of ether oxygens (including phenoxy) is 1. The molecule has 82 valence electrons. The summed E-state index contributed by atoms with van der Waals surface area (Å²) in [6.45, 7) is 5.16. The third-order valence-electron chi connectivity index (χ3n) is 1.33. The molecule has 0 saturated carbocycles. The van der Waals surface area contributed by atoms with Gasteiger partial charge in [0.15, 0.2) is 0 Å². The van der Waals surface area contributed by atoms with Gasteiger partial charge in [-0.15, -0.1) is 0 Å². The Hall–Kier alpha value is -0.290. The first-order valence-corrected chi connectivity index (χ1v) is 5.67. The molecule has 0 bridgehead atoms. The predicted octanol–water partition coefficient (Wildman–Crippen LogP) is 1.91. The number of carbonyl (C=O) groups is 1. The lowest BCUT2D eigenvalue weighted by Gasteiger charge is -2.25. The summed E-state index contributed by atoms with van der Waals surface area (Å²) < 4.78 is 5.93. The van der Waals surface area contributed by atoms with Crippen molar-refractivity contribution >= 4 is 34.3 Å². The first-order chi connectivity index (χ1) is 6.24. The summed E-state index contributed by atoms with van der Waals surface area (Å²) in [5.74, 6) is 0.412. The second-order valence-corrected chi connectivity index (χ2v) is 5.41. The highest BCUT2D eigenvalue weighted by Crippen LogP contribution is 2.19. The zero-order valence-electron chi connectivity index (χ0n) is 9.29. The summed E-state index contributed by atoms with van der Waals surface area (Å²) in [6.07, 6.45) is 0. The van der Waals surface area contributed by atoms with Crippen LogP contribution in [0.15, 0.2) is 0 Å². The number of carbonyl (C=O) groups excluding carboxylic acids is 1. The fraction of sp³-hybridized carbons (Fsp3) is 0.778. The second-order valence-electron chi connectivity index (χ2n) is 3.80. The van der Waals surface area contributed by atoms with E-state index in [1.165, 1.54) is 18.7 Å². The van der Waals surface area contributed by atoms with E-state index >= 15 is 0 Å². The maximum atomic E-state index is 10.8. The van der Waals surface area contributed by atoms with E-state index in [4.69, 9.17) is 17.0 Å². The molecule has 0 aromatic heterocycles. The summed E-state index contributed by atoms with van der Waals surface area (Å²) >= 11 is 6.62. The van der Waals surface area contributed by atoms with E-state index < -0.39 is 5.60 Å². The predicted molar refractivity (Wildman–Crippen MR) is 64.6 cm³/mol. The standard InChI is InChI=1S/C9H17NO2S2/c1-7(11)12-9(2,3)6-14-8(13)10(4)5/h6H2,1-5H3. The summed E-state index contributed by atoms with van der Waals surface area (Å²) in [4.78, 5) is 12.6. The summed E-state index contributed by atoms with van der Waals surface area (Å²) in [5.41, 5.74) is -0.462. The third-order valence-corrected chi connectivity index (χ3v) is 3.50. The molecule has 0 N–H and O–H groups in total. The Labute approximate surface area is 95.2 Å². The molecule has 0 unspecified atom stereocenters. The van der Waals surface area contributed by atoms with Crippen LogP contribution in [0.5, 0.6) is 0 Å². The average molecular weight is 235 g/mol. The maximum absolute atomic E-state index is 10.8. The molecule has 0 atom stereocenters. The van der Waals surface area contributed by atoms with Crippen molar-refractivity contribution < 1.29 is 9.53 Å². The molecule has 0 aromatic carbocycles. The molecule has 0 radical (unpaired) electrons. The van der Waals surface area contributed by atoms with Crippen molar-refractivity contribution in [1.82, 2.24) is 4.90 Å². The van der Waals surface area contributed by atoms with Crippen molar-refractivity contribution in [1.29, 1.82) is 0 Å². The van der Waals surface area contributed by atoms with Gasteiger partial charge >= 0.3 is 5.97 Å². The number of hydrogen-bond acceptors (Lipinski definition) is 4. The normalized spacial score (nSPS) is 10.9. The van der Waals surface area contributed by atoms with E-state index in [2.05, 4.69) is 0 Å². The topological polar surface area (TPSA) is 29.5 Å². The van der Waals surface area contributed by atoms with E-state index in [0.717, 1.165) is 4.32 Å². The van der Waals surface area contributed by atoms with Gasteiger partial charge in [0.05, 0.1) is 0 Å². The molecule has 0 fully saturated rings. The Balaban J connectivity index is 3.98. The van der Waals surface area contributed by atoms with Crippen LogP contribution in [0.2, 0.25) is 0 Å². The molecule has 0 aromatic rings. The van der Waals surface area contributed by atoms with Gasteiger partial charge in [0.25, 0.3) is 0 Å². The van der Waals surface area contributed by atoms with Gasteiger partial charge in [-0.25, -0.2) is 0 Å². The molecule has 0 heterocycles. The van der Waals surface area contributed by atoms with Crippen LogP contribution in [-0.2, 0) is 9.53 Å². The summed E-state index contributed by atoms with van der Waals surface area (Å²) in [5, 5.41) is 0. The lowest BCUT2D eigenvalue weighted by atomic mass is 10.2. The number of thiocarbonyl (C=S) groups is 1. The van der Waals surface area contributed by atoms with Crippen LogP contribution in [0.4, 0.5) is 0 Å². The molecule has 0 rings (SSSR count). The number of hydrogen-bond donors (Lipinski definition) is 0. The average Bonchev–Trinajstić information content (AvgIpc) is 1.97. The monoisotopic (exact) mass is 235 g/mol. The van der Waals surface area contributed by atoms with E-state index in [1.54, 1.807) is 0 Å². The molecular weight excluding hydrogens is 218 g/mol. The fourth-order valence-corrected chi connectivity index (χ4v) is 1.75. The van der Waals surface area contributed by atoms with Gasteiger partial charge in [-0.3, -0.25) is 4.79 Å². The van der Waals surface area contributed by atoms with Crippen LogP contribution < -0.4 is 0 Å². The van der Waals surface area contributed by atoms with Crippen LogP contribution in [0, 0.1) is 0 Å². The van der Waals surface area contributed by atoms with E-state index in [-0.39, 0.29) is 5.97 Å². The molecular formula is C9H17NO2S2. The Kier molecular flexibility index (Phi) is 5.44. The minimum absolute atomic E-state index is 0.258. The van der Waals surface area contributed by atoms with Gasteiger partial charge in [0.1, 0.15) is 9.92 Å². The molecule has 14 heavy (non-hydrogen) atoms. The van der Waals surface area contributed by atoms with Gasteiger partial charge in [0, 0.05) is 26.8 Å². The second kappa shape index (κ2) is 5.56. The molecule has 3 nitrogen and oxygen atoms in total. The molecule has 0 spiro atoms. The molecule has 0 aliphatic carbocycles. The van der Waals surface area contributed by atoms with Crippen LogP contribution in [0.25, 0.3) is 0 Å². The van der Waals surface area contributed by atoms with Crippen molar-refractivity contribution in [2.45, 2.75) is 26.4 Å². The van der Waals surface area contributed by atoms with Crippen molar-refractivity contribution in [2.24, 2.45) is 0 Å². The molecule has 0 amide bonds. The Morgan fingerprint density at radius 2 is 2.00 bits per heavy atom. The highest BCUT2D eigenvalue weighted by molar-refractivity contribution is 8.22. The minimum Gasteiger partial charge on any atom is -0.459 e. The van der Waals surface area contributed by atoms with Gasteiger partial charge in [0.2, 0.25) is 0 Å². The number of thioether (sulfide) groups is 1. The lowest BCUT2D eigenvalue weighted by Crippen LogP contribution is -2.31.